The van der Waals surface area contributed by atoms with Crippen molar-refractivity contribution >= 4 is 52.3 Å². The van der Waals surface area contributed by atoms with Crippen LogP contribution in [0.3, 0.4) is 0 Å². The molecule has 0 spiro atoms. The zero-order valence-corrected chi connectivity index (χ0v) is 99.6. The Hall–Kier alpha value is 6.74. The molecule has 26 heteroatoms. The van der Waals surface area contributed by atoms with Crippen LogP contribution in [0.4, 0.5) is 0 Å². The summed E-state index contributed by atoms with van der Waals surface area (Å²) >= 11 is 21.0. The van der Waals surface area contributed by atoms with E-state index in [9.17, 15) is 0 Å². The summed E-state index contributed by atoms with van der Waals surface area (Å²) in [5.74, 6) is 0. The molecule has 8 aliphatic rings. The van der Waals surface area contributed by atoms with Crippen molar-refractivity contribution in [2.24, 2.45) is 0 Å². The summed E-state index contributed by atoms with van der Waals surface area (Å²) < 4.78 is 20.5. The standard InChI is InChI=1S/2C6H12N2.3C6H10N2.C6H11N.C6H9N.C5H7N.8C2H6.13W/c5*1-7-3-5-8(2)6-4-7;2*1-7-5-3-2-4-6-7;1-6-4-2-3-5-6;8*1-2;;;;;;;;;;;;;/h2*3-5H2,1-2H3;3,6H2,1-2H3;2*3-4H2,1-2H3;2-5H2,1H3;2-4H2,1H3;2-3H2,1H3;8*1-2H3;;;;;;;;;;;;;. The Balaban J connectivity index is -0.000000136. The van der Waals surface area contributed by atoms with Crippen LogP contribution in [-0.2, 0) is 252 Å². The zero-order chi connectivity index (χ0) is 71.9. The molecule has 13 nitrogen and oxygen atoms in total. The second-order valence-corrected chi connectivity index (χ2v) is 41.0. The molecule has 89 heavy (non-hydrogen) atoms. The second-order valence-electron chi connectivity index (χ2n) is 19.0. The molecule has 0 bridgehead atoms. The van der Waals surface area contributed by atoms with Crippen LogP contribution in [0.2, 0.25) is 0 Å². The first-order valence-electron chi connectivity index (χ1n) is 32.1. The van der Waals surface area contributed by atoms with E-state index in [1.54, 1.807) is 304 Å². The van der Waals surface area contributed by atoms with Crippen molar-refractivity contribution in [3.8, 4) is 0 Å². The molecule has 0 aromatic rings. The maximum absolute atomic E-state index is 2.39. The van der Waals surface area contributed by atoms with Crippen molar-refractivity contribution in [1.82, 2.24) is 63.7 Å². The zero-order valence-electron chi connectivity index (χ0n) is 61.5. The monoisotopic (exact) mass is 3460 g/mol. The molecule has 8 fully saturated rings. The van der Waals surface area contributed by atoms with Gasteiger partial charge in [-0.15, -0.1) is 0 Å². The van der Waals surface area contributed by atoms with E-state index in [-0.39, 0.29) is 0 Å². The van der Waals surface area contributed by atoms with Crippen molar-refractivity contribution in [2.45, 2.75) is 162 Å². The van der Waals surface area contributed by atoms with E-state index >= 15 is 0 Å². The van der Waals surface area contributed by atoms with Crippen LogP contribution >= 0.6 is 0 Å². The van der Waals surface area contributed by atoms with Gasteiger partial charge in [0.15, 0.2) is 0 Å². The van der Waals surface area contributed by atoms with E-state index < -0.39 is 0 Å². The molecule has 0 radical (unpaired) electrons. The molecule has 0 aromatic carbocycles. The molecule has 0 N–H and O–H groups in total. The van der Waals surface area contributed by atoms with Gasteiger partial charge in [0.1, 0.15) is 0 Å². The third-order valence-electron chi connectivity index (χ3n) is 12.4. The number of likely N-dealkylation sites (tertiary alicyclic amines) is 3. The molecule has 0 aliphatic carbocycles. The van der Waals surface area contributed by atoms with Gasteiger partial charge in [-0.3, -0.25) is 0 Å². The van der Waals surface area contributed by atoms with E-state index in [1.807, 2.05) is 111 Å². The van der Waals surface area contributed by atoms with Gasteiger partial charge in [0.25, 0.3) is 0 Å². The van der Waals surface area contributed by atoms with E-state index in [2.05, 4.69) is 155 Å². The van der Waals surface area contributed by atoms with Gasteiger partial charge in [0.05, 0.1) is 0 Å². The first-order valence-corrected chi connectivity index (χ1v) is 51.1. The Morgan fingerprint density at radius 3 is 0.596 bits per heavy atom. The normalized spacial score (nSPS) is 20.1. The van der Waals surface area contributed by atoms with E-state index in [0.29, 0.717) is 0 Å². The minimum absolute atomic E-state index is 1.14. The van der Waals surface area contributed by atoms with Crippen LogP contribution in [-0.4, -0.2) is 293 Å². The van der Waals surface area contributed by atoms with Crippen LogP contribution < -0.4 is 0 Å². The molecular formula is C63H129N13W13. The number of piperazine rings is 5. The Morgan fingerprint density at radius 2 is 0.393 bits per heavy atom. The van der Waals surface area contributed by atoms with E-state index in [1.165, 1.54) is 97.2 Å². The summed E-state index contributed by atoms with van der Waals surface area (Å²) in [4.78, 5) is 30.7. The quantitative estimate of drug-likeness (QED) is 0.276. The average molecular weight is 3460 g/mol. The summed E-state index contributed by atoms with van der Waals surface area (Å²) in [6, 6.07) is 0. The van der Waals surface area contributed by atoms with Crippen LogP contribution in [0, 0.1) is 0 Å². The molecule has 8 saturated heterocycles. The summed E-state index contributed by atoms with van der Waals surface area (Å²) in [6.07, 6.45) is 10.9. The first kappa shape index (κ1) is 112. The van der Waals surface area contributed by atoms with Crippen molar-refractivity contribution < 1.29 is 252 Å². The molecule has 0 aromatic heterocycles. The van der Waals surface area contributed by atoms with Gasteiger partial charge in [-0.2, -0.15) is 0 Å². The Labute approximate surface area is 695 Å². The van der Waals surface area contributed by atoms with Crippen LogP contribution in [0.1, 0.15) is 162 Å². The molecule has 0 atom stereocenters. The number of nitrogens with zero attached hydrogens (tertiary/aromatic N) is 13. The van der Waals surface area contributed by atoms with Gasteiger partial charge >= 0.3 is 596 Å². The van der Waals surface area contributed by atoms with Gasteiger partial charge in [0.2, 0.25) is 0 Å². The topological polar surface area (TPSA) is 42.1 Å². The molecule has 8 aliphatic heterocycles. The van der Waals surface area contributed by atoms with Gasteiger partial charge < -0.3 is 0 Å². The number of piperidine rings is 2. The SMILES string of the molecule is CC.CC.CC.CC.CC.CC.CC.CC.CN1CCCC[C]1=[W].CN1CCN(C)[C](=[W])C1.CN1CCN(C)[C](=[W])C1.CN1C[C](=[W])N(C)C[C]1=[W].CN1C[C](=[W])N(C)[C](=[W])C1.CN1C[C](=[W])N(C)[C](=[W])C1.CN1[C](=[W])CCC[C]1=[W].CN1[C](=[W])CC[C]1=[W]. The number of likely N-dealkylation sites (N-methyl/N-ethyl adjacent to an activating group) is 10. The van der Waals surface area contributed by atoms with Gasteiger partial charge in [-0.05, 0) is 0 Å². The van der Waals surface area contributed by atoms with Crippen LogP contribution in [0.15, 0.2) is 0 Å². The summed E-state index contributed by atoms with van der Waals surface area (Å²) in [5, 5.41) is 0. The third kappa shape index (κ3) is 57.8. The first-order chi connectivity index (χ1) is 42.0. The van der Waals surface area contributed by atoms with E-state index in [4.69, 9.17) is 0 Å². The fourth-order valence-electron chi connectivity index (χ4n) is 6.81. The fraction of sp³-hybridized carbons (Fsp3) is 0.794. The second kappa shape index (κ2) is 74.5. The van der Waals surface area contributed by atoms with Crippen molar-refractivity contribution in [1.29, 1.82) is 0 Å². The summed E-state index contributed by atoms with van der Waals surface area (Å²) in [5.41, 5.74) is 0. The summed E-state index contributed by atoms with van der Waals surface area (Å²) in [7, 11) is 28.4. The molecule has 524 valence electrons. The molecule has 0 unspecified atom stereocenters. The van der Waals surface area contributed by atoms with Crippen LogP contribution in [0.5, 0.6) is 0 Å². The number of hydrogen-bond donors (Lipinski definition) is 0. The minimum atomic E-state index is 1.14. The van der Waals surface area contributed by atoms with Crippen molar-refractivity contribution in [2.75, 3.05) is 177 Å². The number of hydrogen-bond acceptors (Lipinski definition) is 13. The summed E-state index contributed by atoms with van der Waals surface area (Å²) in [6.45, 7) is 47.4. The Morgan fingerprint density at radius 1 is 0.180 bits per heavy atom. The van der Waals surface area contributed by atoms with E-state index in [0.717, 1.165) is 39.3 Å². The van der Waals surface area contributed by atoms with Crippen molar-refractivity contribution in [3.63, 3.8) is 0 Å². The Kier molecular flexibility index (Phi) is 93.4. The predicted octanol–water partition coefficient (Wildman–Crippen LogP) is 6.24. The molecule has 0 saturated carbocycles. The third-order valence-corrected chi connectivity index (χ3v) is 33.2. The van der Waals surface area contributed by atoms with Gasteiger partial charge in [-0.25, -0.2) is 0 Å². The van der Waals surface area contributed by atoms with Crippen LogP contribution in [0.25, 0.3) is 0 Å². The molecule has 8 rings (SSSR count). The van der Waals surface area contributed by atoms with Gasteiger partial charge in [-0.1, -0.05) is 111 Å². The number of rotatable bonds is 0. The molecule has 8 heterocycles. The predicted molar refractivity (Wildman–Crippen MR) is 357 cm³/mol. The van der Waals surface area contributed by atoms with Crippen molar-refractivity contribution in [3.05, 3.63) is 0 Å². The molecular weight excluding hydrogens is 3330 g/mol. The van der Waals surface area contributed by atoms with Gasteiger partial charge in [0, 0.05) is 0 Å². The maximum atomic E-state index is 2.39. The fourth-order valence-corrected chi connectivity index (χ4v) is 23.5. The Bertz CT molecular complexity index is 1860. The average Bonchev–Trinajstić information content (AvgIpc) is 4.04. The molecule has 0 amide bonds.